The van der Waals surface area contributed by atoms with Gasteiger partial charge in [-0.1, -0.05) is 0 Å². The van der Waals surface area contributed by atoms with Crippen LogP contribution in [-0.4, -0.2) is 23.4 Å². The van der Waals surface area contributed by atoms with Crippen molar-refractivity contribution in [1.29, 1.82) is 0 Å². The van der Waals surface area contributed by atoms with Gasteiger partial charge < -0.3 is 10.5 Å². The van der Waals surface area contributed by atoms with Gasteiger partial charge in [0.15, 0.2) is 6.61 Å². The van der Waals surface area contributed by atoms with Crippen molar-refractivity contribution in [3.63, 3.8) is 0 Å². The molecular weight excluding hydrogens is 218 g/mol. The molecule has 0 fully saturated rings. The summed E-state index contributed by atoms with van der Waals surface area (Å²) in [5.41, 5.74) is 5.78. The molecule has 1 aromatic rings. The molecule has 1 aromatic heterocycles. The summed E-state index contributed by atoms with van der Waals surface area (Å²) in [6.45, 7) is 1.58. The predicted molar refractivity (Wildman–Crippen MR) is 53.6 cm³/mol. The largest absolute Gasteiger partial charge is 0.471 e. The molecule has 1 heterocycles. The summed E-state index contributed by atoms with van der Waals surface area (Å²) in [6, 6.07) is 1.44. The molecule has 0 aromatic carbocycles. The van der Waals surface area contributed by atoms with Gasteiger partial charge in [0.2, 0.25) is 5.88 Å². The van der Waals surface area contributed by atoms with Crippen molar-refractivity contribution in [3.05, 3.63) is 23.4 Å². The summed E-state index contributed by atoms with van der Waals surface area (Å²) < 4.78 is 29.9. The van der Waals surface area contributed by atoms with Crippen LogP contribution in [0.5, 0.6) is 5.88 Å². The molecule has 0 unspecified atom stereocenters. The summed E-state index contributed by atoms with van der Waals surface area (Å²) in [5.74, 6) is -3.91. The van der Waals surface area contributed by atoms with Gasteiger partial charge in [0.1, 0.15) is 5.56 Å². The molecule has 0 aliphatic rings. The molecule has 88 valence electrons. The van der Waals surface area contributed by atoms with Gasteiger partial charge in [-0.2, -0.15) is 0 Å². The zero-order chi connectivity index (χ0) is 12.3. The molecule has 4 nitrogen and oxygen atoms in total. The van der Waals surface area contributed by atoms with Crippen LogP contribution in [0.4, 0.5) is 8.78 Å². The number of nitrogens with two attached hydrogens (primary N) is 1. The predicted octanol–water partition coefficient (Wildman–Crippen LogP) is 1.52. The van der Waals surface area contributed by atoms with Crippen molar-refractivity contribution in [2.24, 2.45) is 5.73 Å². The standard InChI is InChI=1S/C10H12F2N2O2/c1-6-3-7(8(13)15)9(14-4-6)16-5-10(2,11)12/h3-4H,5H2,1-2H3,(H2,13,15). The van der Waals surface area contributed by atoms with E-state index in [2.05, 4.69) is 4.98 Å². The van der Waals surface area contributed by atoms with E-state index in [9.17, 15) is 13.6 Å². The number of carbonyl (C=O) groups excluding carboxylic acids is 1. The van der Waals surface area contributed by atoms with E-state index in [4.69, 9.17) is 10.5 Å². The van der Waals surface area contributed by atoms with Crippen LogP contribution in [0.2, 0.25) is 0 Å². The summed E-state index contributed by atoms with van der Waals surface area (Å²) >= 11 is 0. The van der Waals surface area contributed by atoms with E-state index >= 15 is 0 Å². The van der Waals surface area contributed by atoms with E-state index in [1.54, 1.807) is 6.92 Å². The van der Waals surface area contributed by atoms with Gasteiger partial charge in [-0.3, -0.25) is 4.79 Å². The van der Waals surface area contributed by atoms with Crippen LogP contribution in [0, 0.1) is 6.92 Å². The Morgan fingerprint density at radius 2 is 2.25 bits per heavy atom. The number of nitrogens with zero attached hydrogens (tertiary/aromatic N) is 1. The third-order valence-electron chi connectivity index (χ3n) is 1.72. The Bertz CT molecular complexity index is 402. The second kappa shape index (κ2) is 4.42. The smallest absolute Gasteiger partial charge is 0.278 e. The number of aryl methyl sites for hydroxylation is 1. The fraction of sp³-hybridized carbons (Fsp3) is 0.400. The van der Waals surface area contributed by atoms with Crippen LogP contribution in [0.1, 0.15) is 22.8 Å². The van der Waals surface area contributed by atoms with Crippen LogP contribution in [0.25, 0.3) is 0 Å². The van der Waals surface area contributed by atoms with Gasteiger partial charge >= 0.3 is 0 Å². The lowest BCUT2D eigenvalue weighted by molar-refractivity contribution is -0.0244. The summed E-state index contributed by atoms with van der Waals surface area (Å²) in [6.07, 6.45) is 1.41. The third kappa shape index (κ3) is 3.45. The fourth-order valence-electron chi connectivity index (χ4n) is 1.04. The molecule has 1 rings (SSSR count). The second-order valence-electron chi connectivity index (χ2n) is 3.59. The molecular formula is C10H12F2N2O2. The number of carbonyl (C=O) groups is 1. The Morgan fingerprint density at radius 3 is 2.75 bits per heavy atom. The molecule has 16 heavy (non-hydrogen) atoms. The second-order valence-corrected chi connectivity index (χ2v) is 3.59. The Balaban J connectivity index is 2.91. The topological polar surface area (TPSA) is 65.2 Å². The molecule has 0 aliphatic heterocycles. The average Bonchev–Trinajstić information content (AvgIpc) is 2.14. The zero-order valence-corrected chi connectivity index (χ0v) is 8.96. The molecule has 0 bridgehead atoms. The fourth-order valence-corrected chi connectivity index (χ4v) is 1.04. The first-order valence-corrected chi connectivity index (χ1v) is 4.56. The minimum absolute atomic E-state index is 0.00394. The Kier molecular flexibility index (Phi) is 3.41. The van der Waals surface area contributed by atoms with Crippen molar-refractivity contribution in [2.75, 3.05) is 6.61 Å². The number of pyridine rings is 1. The van der Waals surface area contributed by atoms with Gasteiger partial charge in [0.05, 0.1) is 0 Å². The minimum atomic E-state index is -2.98. The Morgan fingerprint density at radius 1 is 1.62 bits per heavy atom. The van der Waals surface area contributed by atoms with Crippen LogP contribution < -0.4 is 10.5 Å². The first kappa shape index (κ1) is 12.4. The van der Waals surface area contributed by atoms with Crippen LogP contribution in [0.3, 0.4) is 0 Å². The highest BCUT2D eigenvalue weighted by Crippen LogP contribution is 2.19. The van der Waals surface area contributed by atoms with Crippen molar-refractivity contribution < 1.29 is 18.3 Å². The summed E-state index contributed by atoms with van der Waals surface area (Å²) in [7, 11) is 0. The number of halogens is 2. The minimum Gasteiger partial charge on any atom is -0.471 e. The van der Waals surface area contributed by atoms with E-state index < -0.39 is 18.4 Å². The molecule has 0 saturated carbocycles. The maximum atomic E-state index is 12.6. The first-order valence-electron chi connectivity index (χ1n) is 4.56. The molecule has 0 aliphatic carbocycles. The summed E-state index contributed by atoms with van der Waals surface area (Å²) in [4.78, 5) is 14.8. The number of aromatic nitrogens is 1. The number of primary amides is 1. The molecule has 0 radical (unpaired) electrons. The van der Waals surface area contributed by atoms with E-state index in [0.29, 0.717) is 12.5 Å². The van der Waals surface area contributed by atoms with Crippen molar-refractivity contribution in [2.45, 2.75) is 19.8 Å². The quantitative estimate of drug-likeness (QED) is 0.852. The zero-order valence-electron chi connectivity index (χ0n) is 8.96. The highest BCUT2D eigenvalue weighted by Gasteiger charge is 2.23. The first-order chi connectivity index (χ1) is 7.29. The van der Waals surface area contributed by atoms with Crippen LogP contribution in [0.15, 0.2) is 12.3 Å². The number of rotatable bonds is 4. The third-order valence-corrected chi connectivity index (χ3v) is 1.72. The molecule has 0 saturated heterocycles. The van der Waals surface area contributed by atoms with Gasteiger partial charge in [-0.25, -0.2) is 13.8 Å². The maximum Gasteiger partial charge on any atom is 0.278 e. The van der Waals surface area contributed by atoms with Crippen molar-refractivity contribution >= 4 is 5.91 Å². The number of amides is 1. The van der Waals surface area contributed by atoms with E-state index in [-0.39, 0.29) is 11.4 Å². The molecule has 1 amide bonds. The lowest BCUT2D eigenvalue weighted by atomic mass is 10.2. The number of alkyl halides is 2. The average molecular weight is 230 g/mol. The van der Waals surface area contributed by atoms with E-state index in [1.165, 1.54) is 12.3 Å². The number of ether oxygens (including phenoxy) is 1. The Hall–Kier alpha value is -1.72. The number of hydrogen-bond donors (Lipinski definition) is 1. The Labute approximate surface area is 91.4 Å². The lowest BCUT2D eigenvalue weighted by Crippen LogP contribution is -2.23. The highest BCUT2D eigenvalue weighted by molar-refractivity contribution is 5.95. The SMILES string of the molecule is Cc1cnc(OCC(C)(F)F)c(C(N)=O)c1. The molecule has 0 atom stereocenters. The molecule has 0 spiro atoms. The van der Waals surface area contributed by atoms with Gasteiger partial charge in [-0.15, -0.1) is 0 Å². The molecule has 6 heteroatoms. The molecule has 2 N–H and O–H groups in total. The van der Waals surface area contributed by atoms with Crippen molar-refractivity contribution in [3.8, 4) is 5.88 Å². The maximum absolute atomic E-state index is 12.6. The van der Waals surface area contributed by atoms with Gasteiger partial charge in [-0.05, 0) is 18.6 Å². The summed E-state index contributed by atoms with van der Waals surface area (Å²) in [5, 5.41) is 0. The van der Waals surface area contributed by atoms with Gasteiger partial charge in [0, 0.05) is 13.1 Å². The van der Waals surface area contributed by atoms with E-state index in [1.807, 2.05) is 0 Å². The normalized spacial score (nSPS) is 11.2. The number of hydrogen-bond acceptors (Lipinski definition) is 3. The van der Waals surface area contributed by atoms with Crippen molar-refractivity contribution in [1.82, 2.24) is 4.98 Å². The lowest BCUT2D eigenvalue weighted by Gasteiger charge is -2.13. The monoisotopic (exact) mass is 230 g/mol. The highest BCUT2D eigenvalue weighted by atomic mass is 19.3. The van der Waals surface area contributed by atoms with Gasteiger partial charge in [0.25, 0.3) is 11.8 Å². The van der Waals surface area contributed by atoms with Crippen LogP contribution in [-0.2, 0) is 0 Å². The van der Waals surface area contributed by atoms with Crippen LogP contribution >= 0.6 is 0 Å². The van der Waals surface area contributed by atoms with E-state index in [0.717, 1.165) is 0 Å².